The summed E-state index contributed by atoms with van der Waals surface area (Å²) in [6.07, 6.45) is 1.26. The number of halogens is 1. The number of carboxylic acids is 1. The van der Waals surface area contributed by atoms with Crippen LogP contribution in [0.2, 0.25) is 5.02 Å². The Morgan fingerprint density at radius 3 is 2.52 bits per heavy atom. The van der Waals surface area contributed by atoms with Crippen molar-refractivity contribution in [3.05, 3.63) is 34.9 Å². The van der Waals surface area contributed by atoms with Crippen LogP contribution in [0.1, 0.15) is 18.4 Å². The molecule has 1 aromatic rings. The van der Waals surface area contributed by atoms with Crippen molar-refractivity contribution >= 4 is 27.6 Å². The number of carbonyl (C=O) groups is 1. The molecule has 1 heterocycles. The number of sulfonamides is 1. The van der Waals surface area contributed by atoms with Crippen LogP contribution < -0.4 is 0 Å². The molecule has 1 aromatic carbocycles. The van der Waals surface area contributed by atoms with Crippen molar-refractivity contribution in [2.45, 2.75) is 24.6 Å². The van der Waals surface area contributed by atoms with Crippen molar-refractivity contribution in [3.8, 4) is 0 Å². The molecule has 2 rings (SSSR count). The maximum Gasteiger partial charge on any atom is 0.317 e. The van der Waals surface area contributed by atoms with Crippen LogP contribution >= 0.6 is 11.6 Å². The van der Waals surface area contributed by atoms with Crippen LogP contribution in [0.4, 0.5) is 0 Å². The second kappa shape index (κ2) is 7.61. The topological polar surface area (TPSA) is 77.9 Å². The quantitative estimate of drug-likeness (QED) is 0.834. The van der Waals surface area contributed by atoms with Gasteiger partial charge >= 0.3 is 5.97 Å². The Bertz CT molecular complexity index is 657. The Balaban J connectivity index is 1.96. The molecule has 0 atom stereocenters. The Hall–Kier alpha value is -1.15. The number of rotatable bonds is 6. The lowest BCUT2D eigenvalue weighted by Crippen LogP contribution is -2.46. The first kappa shape index (κ1) is 18.2. The number of hydrogen-bond acceptors (Lipinski definition) is 4. The van der Waals surface area contributed by atoms with Crippen molar-refractivity contribution < 1.29 is 18.3 Å². The van der Waals surface area contributed by atoms with E-state index < -0.39 is 16.0 Å². The molecule has 8 heteroatoms. The van der Waals surface area contributed by atoms with Crippen molar-refractivity contribution in [2.24, 2.45) is 0 Å². The fourth-order valence-electron chi connectivity index (χ4n) is 2.81. The van der Waals surface area contributed by atoms with Gasteiger partial charge in [-0.05, 0) is 31.5 Å². The summed E-state index contributed by atoms with van der Waals surface area (Å²) in [4.78, 5) is 12.5. The van der Waals surface area contributed by atoms with Crippen molar-refractivity contribution in [3.63, 3.8) is 0 Å². The monoisotopic (exact) mass is 360 g/mol. The van der Waals surface area contributed by atoms with Gasteiger partial charge in [0.15, 0.2) is 0 Å². The van der Waals surface area contributed by atoms with E-state index in [0.29, 0.717) is 36.5 Å². The minimum atomic E-state index is -3.42. The molecule has 1 N–H and O–H groups in total. The first-order chi connectivity index (χ1) is 10.8. The highest BCUT2D eigenvalue weighted by Crippen LogP contribution is 2.23. The van der Waals surface area contributed by atoms with Gasteiger partial charge in [-0.2, -0.15) is 0 Å². The third kappa shape index (κ3) is 4.91. The Kier molecular flexibility index (Phi) is 6.02. The minimum absolute atomic E-state index is 0.0307. The van der Waals surface area contributed by atoms with Crippen molar-refractivity contribution in [1.82, 2.24) is 9.21 Å². The van der Waals surface area contributed by atoms with Gasteiger partial charge in [0.1, 0.15) is 0 Å². The number of piperidine rings is 1. The molecule has 128 valence electrons. The summed E-state index contributed by atoms with van der Waals surface area (Å²) in [6, 6.07) is 7.02. The molecule has 1 fully saturated rings. The molecule has 0 amide bonds. The summed E-state index contributed by atoms with van der Waals surface area (Å²) < 4.78 is 26.5. The van der Waals surface area contributed by atoms with Crippen molar-refractivity contribution in [1.29, 1.82) is 0 Å². The number of carboxylic acid groups (broad SMARTS) is 1. The van der Waals surface area contributed by atoms with E-state index in [2.05, 4.69) is 0 Å². The van der Waals surface area contributed by atoms with Gasteiger partial charge in [-0.1, -0.05) is 29.8 Å². The van der Waals surface area contributed by atoms with E-state index in [1.165, 1.54) is 4.31 Å². The third-order valence-electron chi connectivity index (χ3n) is 4.12. The molecule has 1 saturated heterocycles. The summed E-state index contributed by atoms with van der Waals surface area (Å²) in [5.41, 5.74) is 0.597. The molecule has 1 aliphatic heterocycles. The van der Waals surface area contributed by atoms with Crippen molar-refractivity contribution in [2.75, 3.05) is 26.7 Å². The summed E-state index contributed by atoms with van der Waals surface area (Å²) in [5.74, 6) is -0.983. The van der Waals surface area contributed by atoms with Gasteiger partial charge in [0.2, 0.25) is 10.0 Å². The van der Waals surface area contributed by atoms with E-state index in [1.54, 1.807) is 36.2 Å². The normalized spacial score (nSPS) is 17.5. The fraction of sp³-hybridized carbons (Fsp3) is 0.533. The summed E-state index contributed by atoms with van der Waals surface area (Å²) in [6.45, 7) is 0.778. The molecule has 0 saturated carbocycles. The molecule has 0 radical (unpaired) electrons. The molecule has 0 bridgehead atoms. The number of likely N-dealkylation sites (N-methyl/N-ethyl adjacent to an activating group) is 1. The van der Waals surface area contributed by atoms with E-state index in [4.69, 9.17) is 16.7 Å². The van der Waals surface area contributed by atoms with E-state index >= 15 is 0 Å². The van der Waals surface area contributed by atoms with E-state index in [1.807, 2.05) is 0 Å². The lowest BCUT2D eigenvalue weighted by atomic mass is 10.1. The molecule has 6 nitrogen and oxygen atoms in total. The predicted octanol–water partition coefficient (Wildman–Crippen LogP) is 1.65. The molecular formula is C15H21ClN2O4S. The largest absolute Gasteiger partial charge is 0.480 e. The summed E-state index contributed by atoms with van der Waals surface area (Å²) >= 11 is 6.04. The fourth-order valence-corrected chi connectivity index (χ4v) is 4.68. The zero-order chi connectivity index (χ0) is 17.0. The second-order valence-electron chi connectivity index (χ2n) is 5.79. The summed E-state index contributed by atoms with van der Waals surface area (Å²) in [5, 5.41) is 9.28. The zero-order valence-corrected chi connectivity index (χ0v) is 14.6. The van der Waals surface area contributed by atoms with E-state index in [-0.39, 0.29) is 18.3 Å². The Morgan fingerprint density at radius 2 is 1.96 bits per heavy atom. The molecule has 0 aromatic heterocycles. The van der Waals surface area contributed by atoms with Gasteiger partial charge in [0.25, 0.3) is 0 Å². The van der Waals surface area contributed by atoms with E-state index in [9.17, 15) is 13.2 Å². The van der Waals surface area contributed by atoms with Crippen LogP contribution in [0, 0.1) is 0 Å². The highest BCUT2D eigenvalue weighted by Gasteiger charge is 2.30. The number of hydrogen-bond donors (Lipinski definition) is 1. The lowest BCUT2D eigenvalue weighted by Gasteiger charge is -2.35. The van der Waals surface area contributed by atoms with Crippen LogP contribution in [0.5, 0.6) is 0 Å². The van der Waals surface area contributed by atoms with Gasteiger partial charge in [-0.25, -0.2) is 12.7 Å². The molecule has 0 aliphatic carbocycles. The number of benzene rings is 1. The summed E-state index contributed by atoms with van der Waals surface area (Å²) in [7, 11) is -1.66. The van der Waals surface area contributed by atoms with Crippen LogP contribution in [0.25, 0.3) is 0 Å². The lowest BCUT2D eigenvalue weighted by molar-refractivity contribution is -0.138. The molecule has 0 spiro atoms. The molecule has 1 aliphatic rings. The predicted molar refractivity (Wildman–Crippen MR) is 88.9 cm³/mol. The smallest absolute Gasteiger partial charge is 0.317 e. The van der Waals surface area contributed by atoms with Crippen LogP contribution in [0.15, 0.2) is 24.3 Å². The SMILES string of the molecule is CN(CC(=O)O)C1CCN(S(=O)(=O)Cc2ccccc2Cl)CC1. The number of aliphatic carboxylic acids is 1. The maximum absolute atomic E-state index is 12.5. The van der Waals surface area contributed by atoms with Crippen LogP contribution in [0.3, 0.4) is 0 Å². The minimum Gasteiger partial charge on any atom is -0.480 e. The third-order valence-corrected chi connectivity index (χ3v) is 6.32. The van der Waals surface area contributed by atoms with Gasteiger partial charge in [-0.15, -0.1) is 0 Å². The average molecular weight is 361 g/mol. The molecule has 0 unspecified atom stereocenters. The van der Waals surface area contributed by atoms with E-state index in [0.717, 1.165) is 0 Å². The number of nitrogens with zero attached hydrogens (tertiary/aromatic N) is 2. The van der Waals surface area contributed by atoms with Gasteiger partial charge < -0.3 is 5.11 Å². The highest BCUT2D eigenvalue weighted by atomic mass is 35.5. The first-order valence-corrected chi connectivity index (χ1v) is 9.41. The zero-order valence-electron chi connectivity index (χ0n) is 13.0. The Labute approximate surface area is 141 Å². The molecule has 23 heavy (non-hydrogen) atoms. The Morgan fingerprint density at radius 1 is 1.35 bits per heavy atom. The average Bonchev–Trinajstić information content (AvgIpc) is 2.49. The van der Waals surface area contributed by atoms with Crippen LogP contribution in [-0.2, 0) is 20.6 Å². The highest BCUT2D eigenvalue weighted by molar-refractivity contribution is 7.88. The van der Waals surface area contributed by atoms with Crippen LogP contribution in [-0.4, -0.2) is 61.4 Å². The maximum atomic E-state index is 12.5. The molecular weight excluding hydrogens is 340 g/mol. The second-order valence-corrected chi connectivity index (χ2v) is 8.16. The van der Waals surface area contributed by atoms with Gasteiger partial charge in [0.05, 0.1) is 12.3 Å². The first-order valence-electron chi connectivity index (χ1n) is 7.43. The van der Waals surface area contributed by atoms with Gasteiger partial charge in [0, 0.05) is 24.2 Å². The van der Waals surface area contributed by atoms with Gasteiger partial charge in [-0.3, -0.25) is 9.69 Å². The standard InChI is InChI=1S/C15H21ClN2O4S/c1-17(10-15(19)20)13-6-8-18(9-7-13)23(21,22)11-12-4-2-3-5-14(12)16/h2-5,13H,6-11H2,1H3,(H,19,20).